The van der Waals surface area contributed by atoms with E-state index in [4.69, 9.17) is 0 Å². The number of pyridine rings is 1. The van der Waals surface area contributed by atoms with E-state index in [-0.39, 0.29) is 0 Å². The van der Waals surface area contributed by atoms with Gasteiger partial charge in [0.15, 0.2) is 0 Å². The Morgan fingerprint density at radius 2 is 2.00 bits per heavy atom. The van der Waals surface area contributed by atoms with Crippen molar-refractivity contribution in [2.45, 2.75) is 26.8 Å². The van der Waals surface area contributed by atoms with Crippen LogP contribution in [0.1, 0.15) is 19.5 Å². The van der Waals surface area contributed by atoms with Gasteiger partial charge in [-0.15, -0.1) is 0 Å². The molecule has 2 rings (SSSR count). The number of nitrogens with zero attached hydrogens (tertiary/aromatic N) is 1. The van der Waals surface area contributed by atoms with Gasteiger partial charge in [-0.25, -0.2) is 0 Å². The number of fused-ring (bicyclic) bond motifs is 1. The Hall–Kier alpha value is -1.09. The first-order chi connectivity index (χ1) is 7.56. The summed E-state index contributed by atoms with van der Waals surface area (Å²) in [4.78, 5) is 4.52. The second-order valence-corrected chi connectivity index (χ2v) is 5.19. The Morgan fingerprint density at radius 3 is 2.69 bits per heavy atom. The minimum absolute atomic E-state index is 0.420. The van der Waals surface area contributed by atoms with Crippen molar-refractivity contribution in [2.24, 2.45) is 0 Å². The summed E-state index contributed by atoms with van der Waals surface area (Å²) in [5, 5.41) is 4.62. The third kappa shape index (κ3) is 2.35. The van der Waals surface area contributed by atoms with E-state index in [1.165, 1.54) is 0 Å². The molecule has 0 bridgehead atoms. The van der Waals surface area contributed by atoms with Gasteiger partial charge in [-0.05, 0) is 45.0 Å². The Balaban J connectivity index is 2.64. The topological polar surface area (TPSA) is 24.9 Å². The number of hydrogen-bond donors (Lipinski definition) is 1. The summed E-state index contributed by atoms with van der Waals surface area (Å²) < 4.78 is 1.08. The van der Waals surface area contributed by atoms with Gasteiger partial charge in [0.2, 0.25) is 0 Å². The maximum atomic E-state index is 4.52. The molecule has 0 aliphatic carbocycles. The normalized spacial score (nSPS) is 11.1. The third-order valence-corrected chi connectivity index (χ3v) is 2.84. The first-order valence-corrected chi connectivity index (χ1v) is 6.19. The van der Waals surface area contributed by atoms with Crippen LogP contribution in [-0.2, 0) is 0 Å². The lowest BCUT2D eigenvalue weighted by atomic mass is 10.1. The molecule has 0 radical (unpaired) electrons. The van der Waals surface area contributed by atoms with Crippen LogP contribution in [-0.4, -0.2) is 11.0 Å². The number of anilines is 1. The van der Waals surface area contributed by atoms with Crippen LogP contribution in [0, 0.1) is 6.92 Å². The summed E-state index contributed by atoms with van der Waals surface area (Å²) in [5.41, 5.74) is 3.23. The largest absolute Gasteiger partial charge is 0.382 e. The molecular formula is C13H15BrN2. The molecule has 0 unspecified atom stereocenters. The number of aromatic nitrogens is 1. The van der Waals surface area contributed by atoms with Crippen LogP contribution in [0.4, 0.5) is 5.69 Å². The monoisotopic (exact) mass is 278 g/mol. The molecule has 0 aliphatic heterocycles. The van der Waals surface area contributed by atoms with Gasteiger partial charge in [-0.1, -0.05) is 15.9 Å². The van der Waals surface area contributed by atoms with E-state index in [9.17, 15) is 0 Å². The molecule has 0 spiro atoms. The summed E-state index contributed by atoms with van der Waals surface area (Å²) in [5.74, 6) is 0. The van der Waals surface area contributed by atoms with Gasteiger partial charge in [-0.2, -0.15) is 0 Å². The molecule has 0 aliphatic rings. The average molecular weight is 279 g/mol. The van der Waals surface area contributed by atoms with E-state index in [1.807, 2.05) is 19.1 Å². The smallest absolute Gasteiger partial charge is 0.0726 e. The molecule has 84 valence electrons. The predicted molar refractivity (Wildman–Crippen MR) is 72.9 cm³/mol. The number of benzene rings is 1. The summed E-state index contributed by atoms with van der Waals surface area (Å²) in [6, 6.07) is 8.68. The molecule has 0 atom stereocenters. The van der Waals surface area contributed by atoms with Gasteiger partial charge in [-0.3, -0.25) is 4.98 Å². The average Bonchev–Trinajstić information content (AvgIpc) is 2.18. The van der Waals surface area contributed by atoms with E-state index in [1.54, 1.807) is 0 Å². The molecule has 0 amide bonds. The standard InChI is InChI=1S/C13H15BrN2/c1-8(2)15-13-6-9(3)16-12-5-4-10(14)7-11(12)13/h4-8H,1-3H3,(H,15,16). The number of nitrogens with one attached hydrogen (secondary N) is 1. The highest BCUT2D eigenvalue weighted by Gasteiger charge is 2.05. The second-order valence-electron chi connectivity index (χ2n) is 4.27. The number of rotatable bonds is 2. The first-order valence-electron chi connectivity index (χ1n) is 5.39. The quantitative estimate of drug-likeness (QED) is 0.894. The van der Waals surface area contributed by atoms with E-state index in [0.717, 1.165) is 26.8 Å². The Bertz CT molecular complexity index is 521. The van der Waals surface area contributed by atoms with Crippen molar-refractivity contribution in [1.29, 1.82) is 0 Å². The fourth-order valence-electron chi connectivity index (χ4n) is 1.76. The second kappa shape index (κ2) is 4.42. The first kappa shape index (κ1) is 11.4. The summed E-state index contributed by atoms with van der Waals surface area (Å²) >= 11 is 3.50. The van der Waals surface area contributed by atoms with Crippen LogP contribution in [0.15, 0.2) is 28.7 Å². The molecule has 2 nitrogen and oxygen atoms in total. The van der Waals surface area contributed by atoms with Gasteiger partial charge in [0, 0.05) is 27.3 Å². The highest BCUT2D eigenvalue weighted by atomic mass is 79.9. The van der Waals surface area contributed by atoms with Crippen molar-refractivity contribution in [1.82, 2.24) is 4.98 Å². The van der Waals surface area contributed by atoms with Crippen molar-refractivity contribution < 1.29 is 0 Å². The van der Waals surface area contributed by atoms with Gasteiger partial charge >= 0.3 is 0 Å². The maximum absolute atomic E-state index is 4.52. The maximum Gasteiger partial charge on any atom is 0.0726 e. The fraction of sp³-hybridized carbons (Fsp3) is 0.308. The molecule has 0 fully saturated rings. The summed E-state index contributed by atoms with van der Waals surface area (Å²) in [6.45, 7) is 6.30. The molecular weight excluding hydrogens is 264 g/mol. The van der Waals surface area contributed by atoms with Crippen molar-refractivity contribution in [3.05, 3.63) is 34.4 Å². The van der Waals surface area contributed by atoms with Crippen LogP contribution >= 0.6 is 15.9 Å². The lowest BCUT2D eigenvalue weighted by molar-refractivity contribution is 0.901. The molecule has 1 aromatic carbocycles. The van der Waals surface area contributed by atoms with Crippen LogP contribution in [0.2, 0.25) is 0 Å². The minimum atomic E-state index is 0.420. The molecule has 2 aromatic rings. The molecule has 1 N–H and O–H groups in total. The summed E-state index contributed by atoms with van der Waals surface area (Å²) in [7, 11) is 0. The number of aryl methyl sites for hydroxylation is 1. The van der Waals surface area contributed by atoms with E-state index < -0.39 is 0 Å². The Morgan fingerprint density at radius 1 is 1.25 bits per heavy atom. The van der Waals surface area contributed by atoms with Crippen molar-refractivity contribution in [3.63, 3.8) is 0 Å². The predicted octanol–water partition coefficient (Wildman–Crippen LogP) is 4.13. The zero-order valence-electron chi connectivity index (χ0n) is 9.71. The molecule has 3 heteroatoms. The van der Waals surface area contributed by atoms with Crippen LogP contribution < -0.4 is 5.32 Å². The fourth-order valence-corrected chi connectivity index (χ4v) is 2.12. The number of halogens is 1. The zero-order chi connectivity index (χ0) is 11.7. The van der Waals surface area contributed by atoms with Gasteiger partial charge in [0.1, 0.15) is 0 Å². The van der Waals surface area contributed by atoms with E-state index in [0.29, 0.717) is 6.04 Å². The van der Waals surface area contributed by atoms with Crippen LogP contribution in [0.5, 0.6) is 0 Å². The lowest BCUT2D eigenvalue weighted by Crippen LogP contribution is -2.10. The van der Waals surface area contributed by atoms with Gasteiger partial charge < -0.3 is 5.32 Å². The minimum Gasteiger partial charge on any atom is -0.382 e. The van der Waals surface area contributed by atoms with Crippen molar-refractivity contribution >= 4 is 32.5 Å². The zero-order valence-corrected chi connectivity index (χ0v) is 11.3. The molecule has 0 saturated carbocycles. The molecule has 1 heterocycles. The highest BCUT2D eigenvalue weighted by molar-refractivity contribution is 9.10. The molecule has 1 aromatic heterocycles. The van der Waals surface area contributed by atoms with E-state index in [2.05, 4.69) is 52.2 Å². The van der Waals surface area contributed by atoms with Crippen molar-refractivity contribution in [3.8, 4) is 0 Å². The van der Waals surface area contributed by atoms with E-state index >= 15 is 0 Å². The molecule has 16 heavy (non-hydrogen) atoms. The van der Waals surface area contributed by atoms with Crippen LogP contribution in [0.3, 0.4) is 0 Å². The Labute approximate surface area is 104 Å². The van der Waals surface area contributed by atoms with Crippen molar-refractivity contribution in [2.75, 3.05) is 5.32 Å². The SMILES string of the molecule is Cc1cc(NC(C)C)c2cc(Br)ccc2n1. The van der Waals surface area contributed by atoms with Crippen LogP contribution in [0.25, 0.3) is 10.9 Å². The summed E-state index contributed by atoms with van der Waals surface area (Å²) in [6.07, 6.45) is 0. The molecule has 0 saturated heterocycles. The number of hydrogen-bond acceptors (Lipinski definition) is 2. The lowest BCUT2D eigenvalue weighted by Gasteiger charge is -2.13. The Kier molecular flexibility index (Phi) is 3.15. The van der Waals surface area contributed by atoms with Gasteiger partial charge in [0.05, 0.1) is 5.52 Å². The third-order valence-electron chi connectivity index (χ3n) is 2.34. The van der Waals surface area contributed by atoms with Gasteiger partial charge in [0.25, 0.3) is 0 Å². The highest BCUT2D eigenvalue weighted by Crippen LogP contribution is 2.26.